The highest BCUT2D eigenvalue weighted by molar-refractivity contribution is 6.07. The summed E-state index contributed by atoms with van der Waals surface area (Å²) >= 11 is 0. The van der Waals surface area contributed by atoms with Gasteiger partial charge in [-0.1, -0.05) is 31.0 Å². The number of benzene rings is 1. The first kappa shape index (κ1) is 17.0. The Labute approximate surface area is 152 Å². The van der Waals surface area contributed by atoms with Gasteiger partial charge in [0.05, 0.1) is 0 Å². The molecule has 1 aromatic rings. The smallest absolute Gasteiger partial charge is 0.325 e. The van der Waals surface area contributed by atoms with Crippen LogP contribution in [0.15, 0.2) is 18.2 Å². The van der Waals surface area contributed by atoms with Crippen LogP contribution < -0.4 is 16.0 Å². The summed E-state index contributed by atoms with van der Waals surface area (Å²) in [4.78, 5) is 38.0. The number of amides is 4. The van der Waals surface area contributed by atoms with E-state index in [0.29, 0.717) is 19.4 Å². The van der Waals surface area contributed by atoms with E-state index in [1.54, 1.807) is 0 Å². The molecule has 1 aromatic carbocycles. The maximum absolute atomic E-state index is 12.5. The minimum Gasteiger partial charge on any atom is -0.352 e. The highest BCUT2D eigenvalue weighted by Crippen LogP contribution is 2.35. The Hall–Kier alpha value is -2.41. The van der Waals surface area contributed by atoms with Crippen LogP contribution in [0, 0.1) is 0 Å². The first-order chi connectivity index (χ1) is 12.6. The molecule has 1 saturated heterocycles. The number of imide groups is 1. The van der Waals surface area contributed by atoms with E-state index in [-0.39, 0.29) is 30.8 Å². The van der Waals surface area contributed by atoms with Gasteiger partial charge >= 0.3 is 6.03 Å². The molecule has 7 heteroatoms. The minimum atomic E-state index is -0.702. The first-order valence-electron chi connectivity index (χ1n) is 9.30. The fourth-order valence-corrected chi connectivity index (χ4v) is 4.16. The molecule has 2 heterocycles. The molecule has 1 saturated carbocycles. The molecule has 2 fully saturated rings. The maximum atomic E-state index is 12.5. The molecule has 3 aliphatic rings. The lowest BCUT2D eigenvalue weighted by Crippen LogP contribution is -2.44. The van der Waals surface area contributed by atoms with Crippen molar-refractivity contribution in [2.75, 3.05) is 6.54 Å². The molecule has 0 unspecified atom stereocenters. The van der Waals surface area contributed by atoms with Gasteiger partial charge in [-0.05, 0) is 29.5 Å². The van der Waals surface area contributed by atoms with Crippen molar-refractivity contribution in [3.63, 3.8) is 0 Å². The first-order valence-corrected chi connectivity index (χ1v) is 9.30. The number of urea groups is 1. The van der Waals surface area contributed by atoms with E-state index in [9.17, 15) is 14.4 Å². The molecule has 2 aliphatic heterocycles. The van der Waals surface area contributed by atoms with Crippen LogP contribution in [0.4, 0.5) is 4.79 Å². The molecule has 0 aromatic heterocycles. The quantitative estimate of drug-likeness (QED) is 0.691. The van der Waals surface area contributed by atoms with Crippen LogP contribution in [0.3, 0.4) is 0 Å². The third-order valence-electron chi connectivity index (χ3n) is 5.66. The van der Waals surface area contributed by atoms with Crippen LogP contribution >= 0.6 is 0 Å². The number of nitrogens with zero attached hydrogens (tertiary/aromatic N) is 1. The fourth-order valence-electron chi connectivity index (χ4n) is 4.16. The zero-order valence-corrected chi connectivity index (χ0v) is 14.8. The summed E-state index contributed by atoms with van der Waals surface area (Å²) in [5.41, 5.74) is 2.93. The number of carbonyl (C=O) groups excluding carboxylic acids is 3. The number of rotatable bonds is 5. The van der Waals surface area contributed by atoms with Crippen LogP contribution in [0.2, 0.25) is 0 Å². The van der Waals surface area contributed by atoms with Crippen molar-refractivity contribution in [1.82, 2.24) is 20.9 Å². The van der Waals surface area contributed by atoms with Crippen molar-refractivity contribution in [1.29, 1.82) is 0 Å². The van der Waals surface area contributed by atoms with Crippen molar-refractivity contribution < 1.29 is 14.4 Å². The predicted molar refractivity (Wildman–Crippen MR) is 94.9 cm³/mol. The van der Waals surface area contributed by atoms with Crippen LogP contribution in [0.25, 0.3) is 0 Å². The summed E-state index contributed by atoms with van der Waals surface area (Å²) in [7, 11) is 0. The second-order valence-electron chi connectivity index (χ2n) is 7.41. The van der Waals surface area contributed by atoms with Gasteiger partial charge in [0.15, 0.2) is 0 Å². The summed E-state index contributed by atoms with van der Waals surface area (Å²) in [6, 6.07) is 5.85. The average molecular weight is 356 g/mol. The van der Waals surface area contributed by atoms with Gasteiger partial charge in [0.25, 0.3) is 5.91 Å². The Morgan fingerprint density at radius 1 is 1.15 bits per heavy atom. The Kier molecular flexibility index (Phi) is 4.40. The molecule has 0 bridgehead atoms. The summed E-state index contributed by atoms with van der Waals surface area (Å²) in [5.74, 6) is -0.324. The van der Waals surface area contributed by atoms with Gasteiger partial charge in [-0.15, -0.1) is 0 Å². The number of hydrogen-bond donors (Lipinski definition) is 3. The van der Waals surface area contributed by atoms with E-state index in [1.807, 2.05) is 6.07 Å². The molecule has 1 aliphatic carbocycles. The molecule has 4 amide bonds. The largest absolute Gasteiger partial charge is 0.352 e. The predicted octanol–water partition coefficient (Wildman–Crippen LogP) is 1.16. The van der Waals surface area contributed by atoms with Crippen molar-refractivity contribution in [3.8, 4) is 0 Å². The topological polar surface area (TPSA) is 90.5 Å². The Morgan fingerprint density at radius 3 is 2.73 bits per heavy atom. The van der Waals surface area contributed by atoms with Gasteiger partial charge in [0.1, 0.15) is 5.54 Å². The number of fused-ring (bicyclic) bond motifs is 1. The Balaban J connectivity index is 1.28. The van der Waals surface area contributed by atoms with Crippen LogP contribution in [-0.2, 0) is 29.2 Å². The van der Waals surface area contributed by atoms with Crippen molar-refractivity contribution in [3.05, 3.63) is 34.9 Å². The van der Waals surface area contributed by atoms with E-state index in [2.05, 4.69) is 28.1 Å². The lowest BCUT2D eigenvalue weighted by Gasteiger charge is -2.19. The number of carbonyl (C=O) groups is 3. The molecule has 3 N–H and O–H groups in total. The standard InChI is InChI=1S/C19H24N4O3/c24-16(21-10-13-3-4-14-11-20-12-15(14)9-13)5-8-23-17(25)19(22-18(23)26)6-1-2-7-19/h3-4,9,20H,1-2,5-8,10-12H2,(H,21,24)(H,22,26). The second kappa shape index (κ2) is 6.72. The van der Waals surface area contributed by atoms with Crippen LogP contribution in [0.1, 0.15) is 48.8 Å². The van der Waals surface area contributed by atoms with E-state index in [1.165, 1.54) is 16.0 Å². The van der Waals surface area contributed by atoms with Crippen LogP contribution in [-0.4, -0.2) is 34.8 Å². The van der Waals surface area contributed by atoms with E-state index < -0.39 is 5.54 Å². The van der Waals surface area contributed by atoms with Crippen LogP contribution in [0.5, 0.6) is 0 Å². The average Bonchev–Trinajstić information content (AvgIpc) is 3.33. The molecular formula is C19H24N4O3. The molecule has 0 radical (unpaired) electrons. The van der Waals surface area contributed by atoms with Gasteiger partial charge in [-0.2, -0.15) is 0 Å². The normalized spacial score (nSPS) is 20.5. The summed E-state index contributed by atoms with van der Waals surface area (Å²) < 4.78 is 0. The third-order valence-corrected chi connectivity index (χ3v) is 5.66. The SMILES string of the molecule is O=C(CCN1C(=O)NC2(CCCC2)C1=O)NCc1ccc2c(c1)CNC2. The van der Waals surface area contributed by atoms with Gasteiger partial charge in [0, 0.05) is 32.6 Å². The monoisotopic (exact) mass is 356 g/mol. The zero-order valence-electron chi connectivity index (χ0n) is 14.8. The molecule has 0 atom stereocenters. The lowest BCUT2D eigenvalue weighted by molar-refractivity contribution is -0.131. The van der Waals surface area contributed by atoms with Gasteiger partial charge in [-0.3, -0.25) is 14.5 Å². The fraction of sp³-hybridized carbons (Fsp3) is 0.526. The van der Waals surface area contributed by atoms with Crippen molar-refractivity contribution in [2.24, 2.45) is 0 Å². The van der Waals surface area contributed by atoms with E-state index >= 15 is 0 Å². The molecular weight excluding hydrogens is 332 g/mol. The van der Waals surface area contributed by atoms with Gasteiger partial charge < -0.3 is 16.0 Å². The highest BCUT2D eigenvalue weighted by atomic mass is 16.2. The van der Waals surface area contributed by atoms with Gasteiger partial charge in [0.2, 0.25) is 5.91 Å². The number of hydrogen-bond acceptors (Lipinski definition) is 4. The summed E-state index contributed by atoms with van der Waals surface area (Å²) in [6.07, 6.45) is 3.44. The molecule has 7 nitrogen and oxygen atoms in total. The second-order valence-corrected chi connectivity index (χ2v) is 7.41. The molecule has 138 valence electrons. The van der Waals surface area contributed by atoms with E-state index in [0.717, 1.165) is 31.5 Å². The van der Waals surface area contributed by atoms with Crippen molar-refractivity contribution >= 4 is 17.8 Å². The minimum absolute atomic E-state index is 0.127. The zero-order chi connectivity index (χ0) is 18.1. The Morgan fingerprint density at radius 2 is 1.92 bits per heavy atom. The molecule has 4 rings (SSSR count). The maximum Gasteiger partial charge on any atom is 0.325 e. The highest BCUT2D eigenvalue weighted by Gasteiger charge is 2.52. The lowest BCUT2D eigenvalue weighted by atomic mass is 9.98. The molecule has 1 spiro atoms. The third kappa shape index (κ3) is 3.07. The number of nitrogens with one attached hydrogen (secondary N) is 3. The van der Waals surface area contributed by atoms with Crippen molar-refractivity contribution in [2.45, 2.75) is 57.3 Å². The summed E-state index contributed by atoms with van der Waals surface area (Å²) in [6.45, 7) is 2.35. The Bertz CT molecular complexity index is 755. The summed E-state index contributed by atoms with van der Waals surface area (Å²) in [5, 5.41) is 9.01. The van der Waals surface area contributed by atoms with E-state index in [4.69, 9.17) is 0 Å². The van der Waals surface area contributed by atoms with Gasteiger partial charge in [-0.25, -0.2) is 4.79 Å². The molecule has 26 heavy (non-hydrogen) atoms.